The third kappa shape index (κ3) is 3.56. The van der Waals surface area contributed by atoms with E-state index >= 15 is 0 Å². The minimum Gasteiger partial charge on any atom is -0.508 e. The molecule has 4 aliphatic rings. The molecule has 0 saturated heterocycles. The van der Waals surface area contributed by atoms with Gasteiger partial charge in [0.25, 0.3) is 0 Å². The van der Waals surface area contributed by atoms with Gasteiger partial charge in [-0.3, -0.25) is 9.59 Å². The topological polar surface area (TPSA) is 54.4 Å². The molecule has 1 aromatic carbocycles. The fourth-order valence-electron chi connectivity index (χ4n) is 6.77. The number of carbonyl (C=O) groups is 2. The number of rotatable bonds is 0. The van der Waals surface area contributed by atoms with Gasteiger partial charge in [0, 0.05) is 23.3 Å². The van der Waals surface area contributed by atoms with Crippen LogP contribution in [0.3, 0.4) is 0 Å². The molecule has 0 spiro atoms. The molecule has 5 rings (SSSR count). The summed E-state index contributed by atoms with van der Waals surface area (Å²) in [7, 11) is 0. The fourth-order valence-corrected chi connectivity index (χ4v) is 6.90. The van der Waals surface area contributed by atoms with Crippen LogP contribution in [0.2, 0.25) is 5.02 Å². The van der Waals surface area contributed by atoms with E-state index < -0.39 is 0 Å². The minimum absolute atomic E-state index is 0.0246. The number of phenols is 1. The first-order chi connectivity index (χ1) is 13.7. The maximum Gasteiger partial charge on any atom is 0.155 e. The van der Waals surface area contributed by atoms with Crippen LogP contribution in [-0.2, 0) is 9.59 Å². The molecule has 0 unspecified atom stereocenters. The fraction of sp³-hybridized carbons (Fsp3) is 0.600. The van der Waals surface area contributed by atoms with E-state index in [0.29, 0.717) is 34.3 Å². The van der Waals surface area contributed by atoms with Crippen LogP contribution in [0, 0.1) is 28.6 Å². The van der Waals surface area contributed by atoms with Gasteiger partial charge < -0.3 is 5.11 Å². The van der Waals surface area contributed by atoms with Crippen molar-refractivity contribution in [3.05, 3.63) is 40.9 Å². The molecule has 4 heteroatoms. The highest BCUT2D eigenvalue weighted by atomic mass is 35.5. The second-order valence-corrected chi connectivity index (χ2v) is 10.3. The Morgan fingerprint density at radius 3 is 2.28 bits per heavy atom. The number of halogens is 1. The Balaban J connectivity index is 0.000000216. The number of Topliss-reactive ketones (excluding diaryl/α,β-unsaturated/α-hetero) is 1. The highest BCUT2D eigenvalue weighted by molar-refractivity contribution is 6.30. The number of carbonyl (C=O) groups excluding carboxylic acids is 2. The molecule has 0 aromatic heterocycles. The van der Waals surface area contributed by atoms with Crippen LogP contribution < -0.4 is 0 Å². The van der Waals surface area contributed by atoms with Crippen molar-refractivity contribution >= 4 is 23.2 Å². The van der Waals surface area contributed by atoms with Gasteiger partial charge in [0.15, 0.2) is 5.78 Å². The van der Waals surface area contributed by atoms with Crippen LogP contribution in [-0.4, -0.2) is 16.7 Å². The van der Waals surface area contributed by atoms with E-state index in [1.807, 2.05) is 6.08 Å². The van der Waals surface area contributed by atoms with Crippen LogP contribution in [0.5, 0.6) is 5.75 Å². The predicted octanol–water partition coefficient (Wildman–Crippen LogP) is 6.13. The molecule has 3 fully saturated rings. The summed E-state index contributed by atoms with van der Waals surface area (Å²) in [6.45, 7) is 4.64. The minimum atomic E-state index is -0.0246. The Hall–Kier alpha value is -1.61. The lowest BCUT2D eigenvalue weighted by Gasteiger charge is -2.56. The molecule has 156 valence electrons. The lowest BCUT2D eigenvalue weighted by molar-refractivity contribution is -0.132. The normalized spacial score (nSPS) is 38.2. The summed E-state index contributed by atoms with van der Waals surface area (Å²) in [6, 6.07) is 6.36. The number of hydrogen-bond donors (Lipinski definition) is 1. The highest BCUT2D eigenvalue weighted by Crippen LogP contribution is 2.64. The van der Waals surface area contributed by atoms with Gasteiger partial charge in [0.05, 0.1) is 0 Å². The molecular weight excluding hydrogens is 384 g/mol. The summed E-state index contributed by atoms with van der Waals surface area (Å²) >= 11 is 5.50. The number of allylic oxidation sites excluding steroid dienone is 1. The van der Waals surface area contributed by atoms with E-state index in [-0.39, 0.29) is 16.6 Å². The van der Waals surface area contributed by atoms with E-state index in [0.717, 1.165) is 38.5 Å². The Bertz CT molecular complexity index is 821. The van der Waals surface area contributed by atoms with Gasteiger partial charge in [-0.1, -0.05) is 31.0 Å². The summed E-state index contributed by atoms with van der Waals surface area (Å²) in [6.07, 6.45) is 10.2. The zero-order valence-electron chi connectivity index (χ0n) is 17.4. The quantitative estimate of drug-likeness (QED) is 0.555. The standard InChI is InChI=1S/C19H26O2.C6H5ClO/c1-18-9-7-13(20)11-12(18)3-4-14-15-5-6-17(21)19(15,2)10-8-16(14)18;7-5-1-3-6(8)4-2-5/h11,14-16H,3-10H2,1-2H3;1-4,8H/t14-,15-,16-,18-,19-;/m0./s1. The Morgan fingerprint density at radius 2 is 1.59 bits per heavy atom. The third-order valence-corrected chi connectivity index (χ3v) is 8.75. The molecule has 4 aliphatic carbocycles. The second-order valence-electron chi connectivity index (χ2n) is 9.86. The summed E-state index contributed by atoms with van der Waals surface area (Å²) in [5, 5.41) is 9.34. The Labute approximate surface area is 178 Å². The first-order valence-corrected chi connectivity index (χ1v) is 11.3. The predicted molar refractivity (Wildman–Crippen MR) is 115 cm³/mol. The Kier molecular flexibility index (Phi) is 5.40. The smallest absolute Gasteiger partial charge is 0.155 e. The highest BCUT2D eigenvalue weighted by Gasteiger charge is 2.58. The molecule has 0 bridgehead atoms. The SMILES string of the molecule is C[C@]12CCC(=O)C=C1CC[C@@H]1[C@@H]2CC[C@]2(C)C(=O)CC[C@@H]12.Oc1ccc(Cl)cc1. The molecule has 29 heavy (non-hydrogen) atoms. The maximum atomic E-state index is 12.4. The van der Waals surface area contributed by atoms with Gasteiger partial charge in [-0.2, -0.15) is 0 Å². The van der Waals surface area contributed by atoms with E-state index in [2.05, 4.69) is 13.8 Å². The molecule has 3 saturated carbocycles. The number of hydrogen-bond acceptors (Lipinski definition) is 3. The van der Waals surface area contributed by atoms with E-state index in [1.54, 1.807) is 24.3 Å². The molecule has 1 aromatic rings. The van der Waals surface area contributed by atoms with Crippen LogP contribution in [0.1, 0.15) is 65.2 Å². The van der Waals surface area contributed by atoms with Crippen LogP contribution in [0.4, 0.5) is 0 Å². The van der Waals surface area contributed by atoms with Gasteiger partial charge in [0.1, 0.15) is 11.5 Å². The summed E-state index contributed by atoms with van der Waals surface area (Å²) in [5.74, 6) is 3.13. The van der Waals surface area contributed by atoms with Crippen molar-refractivity contribution < 1.29 is 14.7 Å². The van der Waals surface area contributed by atoms with Crippen molar-refractivity contribution in [3.63, 3.8) is 0 Å². The third-order valence-electron chi connectivity index (χ3n) is 8.50. The number of ketones is 2. The number of aromatic hydroxyl groups is 1. The zero-order valence-corrected chi connectivity index (χ0v) is 18.2. The van der Waals surface area contributed by atoms with Crippen LogP contribution in [0.15, 0.2) is 35.9 Å². The average Bonchev–Trinajstić information content (AvgIpc) is 3.00. The average molecular weight is 415 g/mol. The van der Waals surface area contributed by atoms with Crippen LogP contribution >= 0.6 is 11.6 Å². The van der Waals surface area contributed by atoms with E-state index in [9.17, 15) is 9.59 Å². The van der Waals surface area contributed by atoms with Crippen molar-refractivity contribution in [2.45, 2.75) is 65.2 Å². The van der Waals surface area contributed by atoms with Gasteiger partial charge in [0.2, 0.25) is 0 Å². The van der Waals surface area contributed by atoms with Crippen molar-refractivity contribution in [1.82, 2.24) is 0 Å². The summed E-state index contributed by atoms with van der Waals surface area (Å²) in [4.78, 5) is 24.1. The molecule has 1 N–H and O–H groups in total. The molecule has 0 radical (unpaired) electrons. The molecule has 0 aliphatic heterocycles. The largest absolute Gasteiger partial charge is 0.508 e. The monoisotopic (exact) mass is 414 g/mol. The molecular formula is C25H31ClO3. The first-order valence-electron chi connectivity index (χ1n) is 11.0. The van der Waals surface area contributed by atoms with E-state index in [4.69, 9.17) is 16.7 Å². The first kappa shape index (κ1) is 20.7. The number of benzene rings is 1. The number of phenolic OH excluding ortho intramolecular Hbond substituents is 1. The zero-order chi connectivity index (χ0) is 20.8. The maximum absolute atomic E-state index is 12.4. The van der Waals surface area contributed by atoms with Gasteiger partial charge in [-0.25, -0.2) is 0 Å². The molecule has 3 nitrogen and oxygen atoms in total. The van der Waals surface area contributed by atoms with Crippen molar-refractivity contribution in [1.29, 1.82) is 0 Å². The molecule has 0 amide bonds. The summed E-state index contributed by atoms with van der Waals surface area (Å²) < 4.78 is 0. The van der Waals surface area contributed by atoms with Gasteiger partial charge >= 0.3 is 0 Å². The lowest BCUT2D eigenvalue weighted by atomic mass is 9.47. The van der Waals surface area contributed by atoms with Crippen molar-refractivity contribution in [3.8, 4) is 5.75 Å². The second kappa shape index (κ2) is 7.58. The van der Waals surface area contributed by atoms with Gasteiger partial charge in [-0.15, -0.1) is 0 Å². The van der Waals surface area contributed by atoms with E-state index in [1.165, 1.54) is 18.4 Å². The lowest BCUT2D eigenvalue weighted by Crippen LogP contribution is -2.50. The summed E-state index contributed by atoms with van der Waals surface area (Å²) in [5.41, 5.74) is 1.64. The molecule has 0 heterocycles. The molecule has 5 atom stereocenters. The van der Waals surface area contributed by atoms with Gasteiger partial charge in [-0.05, 0) is 92.0 Å². The van der Waals surface area contributed by atoms with Crippen molar-refractivity contribution in [2.24, 2.45) is 28.6 Å². The Morgan fingerprint density at radius 1 is 0.897 bits per heavy atom. The number of fused-ring (bicyclic) bond motifs is 5. The van der Waals surface area contributed by atoms with Crippen LogP contribution in [0.25, 0.3) is 0 Å². The van der Waals surface area contributed by atoms with Crippen molar-refractivity contribution in [2.75, 3.05) is 0 Å².